The van der Waals surface area contributed by atoms with Gasteiger partial charge in [0.1, 0.15) is 23.4 Å². The molecule has 2 aromatic rings. The number of ether oxygens (including phenoxy) is 4. The molecule has 0 unspecified atom stereocenters. The Morgan fingerprint density at radius 2 is 1.49 bits per heavy atom. The minimum absolute atomic E-state index is 0.0662. The molecule has 15 heteroatoms. The summed E-state index contributed by atoms with van der Waals surface area (Å²) in [5.41, 5.74) is -0.263. The molecule has 4 aliphatic heterocycles. The molecule has 1 saturated heterocycles. The lowest BCUT2D eigenvalue weighted by atomic mass is 9.78. The van der Waals surface area contributed by atoms with E-state index in [4.69, 9.17) is 24.0 Å². The quantitative estimate of drug-likeness (QED) is 0.0759. The van der Waals surface area contributed by atoms with Gasteiger partial charge in [-0.05, 0) is 32.8 Å². The number of rotatable bonds is 4. The van der Waals surface area contributed by atoms with Gasteiger partial charge in [0.25, 0.3) is 11.7 Å². The summed E-state index contributed by atoms with van der Waals surface area (Å²) in [6, 6.07) is 0. The second kappa shape index (κ2) is 21.0. The van der Waals surface area contributed by atoms with Gasteiger partial charge in [-0.25, -0.2) is 0 Å². The van der Waals surface area contributed by atoms with E-state index in [1.54, 1.807) is 46.8 Å². The van der Waals surface area contributed by atoms with Gasteiger partial charge in [0.15, 0.2) is 5.75 Å². The van der Waals surface area contributed by atoms with Crippen LogP contribution in [-0.4, -0.2) is 105 Å². The molecule has 0 saturated carbocycles. The average Bonchev–Trinajstić information content (AvgIpc) is 3.48. The summed E-state index contributed by atoms with van der Waals surface area (Å²) in [7, 11) is 1.45. The van der Waals surface area contributed by atoms with E-state index < -0.39 is 88.8 Å². The zero-order valence-electron chi connectivity index (χ0n) is 38.1. The molecule has 1 fully saturated rings. The van der Waals surface area contributed by atoms with Crippen LogP contribution in [0.1, 0.15) is 121 Å². The first-order chi connectivity index (χ1) is 29.8. The summed E-state index contributed by atoms with van der Waals surface area (Å²) >= 11 is 0. The number of aliphatic hydroxyl groups is 2. The van der Waals surface area contributed by atoms with Gasteiger partial charge in [-0.3, -0.25) is 19.4 Å². The summed E-state index contributed by atoms with van der Waals surface area (Å²) in [5, 5.41) is 67.8. The Hall–Kier alpha value is -5.12. The van der Waals surface area contributed by atoms with Gasteiger partial charge in [0.2, 0.25) is 0 Å². The van der Waals surface area contributed by atoms with Gasteiger partial charge in [0.05, 0.1) is 53.0 Å². The minimum atomic E-state index is -2.04. The molecule has 6 rings (SSSR count). The van der Waals surface area contributed by atoms with Crippen LogP contribution in [0.5, 0.6) is 23.0 Å². The number of allylic oxidation sites excluding steroid dienone is 2. The lowest BCUT2D eigenvalue weighted by molar-refractivity contribution is -0.160. The number of nitrogens with zero attached hydrogens (tertiary/aromatic N) is 2. The predicted molar refractivity (Wildman–Crippen MR) is 240 cm³/mol. The van der Waals surface area contributed by atoms with E-state index in [2.05, 4.69) is 5.32 Å². The molecule has 9 atom stereocenters. The Labute approximate surface area is 370 Å². The first kappa shape index (κ1) is 48.9. The number of fused-ring (bicyclic) bond motifs is 14. The van der Waals surface area contributed by atoms with E-state index in [0.29, 0.717) is 13.1 Å². The van der Waals surface area contributed by atoms with Crippen LogP contribution in [0.4, 0.5) is 5.69 Å². The standard InChI is InChI=1S/C48H67N3O12/c1-26-19-18-20-27(2)47(59)50-38-33(25-49-51-22-16-14-12-10-11-13-15-17-23-51)42(56)35-36(43(38)57)41(55)31(6)45-37(35)46(58)48(8,63-45)61-24-21-34(60-9)28(3)44(62-32(7)52)30(5)40(54)29(4)39(26)53/h18-21,24-26,28-30,34,39-40,44,53-57H,10-17,22-23H2,1-9H3,(H,50,59)/t26-,28+,29-,30-,34+,39-,40-,44-,48-/m0/s1. The van der Waals surface area contributed by atoms with Crippen molar-refractivity contribution in [3.8, 4) is 23.0 Å². The molecule has 0 spiro atoms. The van der Waals surface area contributed by atoms with Crippen LogP contribution in [0.25, 0.3) is 10.8 Å². The number of amides is 1. The number of esters is 1. The van der Waals surface area contributed by atoms with E-state index in [1.165, 1.54) is 65.4 Å². The van der Waals surface area contributed by atoms with E-state index in [9.17, 15) is 39.9 Å². The monoisotopic (exact) mass is 877 g/mol. The average molecular weight is 878 g/mol. The highest BCUT2D eigenvalue weighted by Gasteiger charge is 2.50. The molecule has 5 bridgehead atoms. The van der Waals surface area contributed by atoms with Crippen molar-refractivity contribution in [2.24, 2.45) is 28.8 Å². The summed E-state index contributed by atoms with van der Waals surface area (Å²) in [5.74, 6) is -8.24. The number of benzene rings is 2. The number of hydrazone groups is 1. The lowest BCUT2D eigenvalue weighted by Gasteiger charge is -2.38. The maximum absolute atomic E-state index is 14.6. The van der Waals surface area contributed by atoms with Crippen molar-refractivity contribution in [1.29, 1.82) is 0 Å². The smallest absolute Gasteiger partial charge is 0.312 e. The van der Waals surface area contributed by atoms with E-state index in [0.717, 1.165) is 38.5 Å². The number of nitrogens with one attached hydrogen (secondary N) is 1. The highest BCUT2D eigenvalue weighted by Crippen LogP contribution is 2.55. The number of phenols is 3. The lowest BCUT2D eigenvalue weighted by Crippen LogP contribution is -2.46. The van der Waals surface area contributed by atoms with E-state index in [1.807, 2.05) is 5.01 Å². The molecule has 4 heterocycles. The second-order valence-electron chi connectivity index (χ2n) is 17.6. The Bertz CT molecular complexity index is 2120. The summed E-state index contributed by atoms with van der Waals surface area (Å²) < 4.78 is 23.7. The molecule has 15 nitrogen and oxygen atoms in total. The normalized spacial score (nSPS) is 29.6. The Balaban J connectivity index is 1.70. The molecule has 4 aliphatic rings. The molecular weight excluding hydrogens is 811 g/mol. The Morgan fingerprint density at radius 1 is 0.873 bits per heavy atom. The van der Waals surface area contributed by atoms with Crippen LogP contribution in [0, 0.1) is 30.6 Å². The van der Waals surface area contributed by atoms with Crippen molar-refractivity contribution in [3.63, 3.8) is 0 Å². The van der Waals surface area contributed by atoms with Crippen LogP contribution >= 0.6 is 0 Å². The molecule has 346 valence electrons. The number of Topliss-reactive ketones (excluding diaryl/α,β-unsaturated/α-hetero) is 1. The van der Waals surface area contributed by atoms with Gasteiger partial charge >= 0.3 is 11.8 Å². The van der Waals surface area contributed by atoms with E-state index >= 15 is 0 Å². The highest BCUT2D eigenvalue weighted by molar-refractivity contribution is 6.23. The van der Waals surface area contributed by atoms with Gasteiger partial charge < -0.3 is 49.8 Å². The number of hydrogen-bond acceptors (Lipinski definition) is 14. The van der Waals surface area contributed by atoms with Crippen molar-refractivity contribution in [1.82, 2.24) is 5.01 Å². The topological polar surface area (TPSA) is 217 Å². The second-order valence-corrected chi connectivity index (χ2v) is 17.6. The number of ketones is 1. The number of hydrogen-bond donors (Lipinski definition) is 6. The molecular formula is C48H67N3O12. The minimum Gasteiger partial charge on any atom is -0.507 e. The SMILES string of the molecule is CO[C@@H]1C=CO[C@@]2(C)Oc3c(C)c(O)c4c(O)c(c(C=NN5CCCCCCCCCC5)c(O)c4c3C2=O)NC(=O)C(C)=CC=C[C@H](C)[C@H](O)[C@H](C)[C@H](O)[C@H](C)[C@@H](OC(C)=O)[C@@H]1C. The van der Waals surface area contributed by atoms with Crippen molar-refractivity contribution < 1.29 is 58.9 Å². The van der Waals surface area contributed by atoms with Crippen molar-refractivity contribution in [2.45, 2.75) is 137 Å². The maximum Gasteiger partial charge on any atom is 0.312 e. The third-order valence-corrected chi connectivity index (χ3v) is 13.0. The fourth-order valence-electron chi connectivity index (χ4n) is 8.89. The van der Waals surface area contributed by atoms with Crippen molar-refractivity contribution >= 4 is 40.3 Å². The first-order valence-corrected chi connectivity index (χ1v) is 22.2. The van der Waals surface area contributed by atoms with Gasteiger partial charge in [-0.1, -0.05) is 84.4 Å². The molecule has 63 heavy (non-hydrogen) atoms. The first-order valence-electron chi connectivity index (χ1n) is 22.2. The number of phenolic OH excluding ortho intramolecular Hbond substituents is 3. The number of anilines is 1. The molecule has 1 amide bonds. The van der Waals surface area contributed by atoms with Crippen molar-refractivity contribution in [3.05, 3.63) is 52.8 Å². The number of methoxy groups -OCH3 is 1. The largest absolute Gasteiger partial charge is 0.507 e. The fraction of sp³-hybridized carbons (Fsp3) is 0.583. The van der Waals surface area contributed by atoms with Crippen LogP contribution in [0.3, 0.4) is 0 Å². The third kappa shape index (κ3) is 10.6. The maximum atomic E-state index is 14.6. The summed E-state index contributed by atoms with van der Waals surface area (Å²) in [4.78, 5) is 40.8. The number of aromatic hydroxyl groups is 3. The van der Waals surface area contributed by atoms with Crippen LogP contribution < -0.4 is 10.1 Å². The number of carbonyl (C=O) groups excluding carboxylic acids is 3. The van der Waals surface area contributed by atoms with E-state index in [-0.39, 0.29) is 44.5 Å². The third-order valence-electron chi connectivity index (χ3n) is 13.0. The fourth-order valence-corrected chi connectivity index (χ4v) is 8.89. The van der Waals surface area contributed by atoms with Crippen LogP contribution in [0.15, 0.2) is 41.2 Å². The Morgan fingerprint density at radius 3 is 2.10 bits per heavy atom. The Kier molecular flexibility index (Phi) is 16.3. The van der Waals surface area contributed by atoms with Crippen molar-refractivity contribution in [2.75, 3.05) is 25.5 Å². The zero-order chi connectivity index (χ0) is 46.3. The van der Waals surface area contributed by atoms with Gasteiger partial charge in [-0.2, -0.15) is 5.10 Å². The van der Waals surface area contributed by atoms with Gasteiger partial charge in [-0.15, -0.1) is 0 Å². The number of carbonyl (C=O) groups is 3. The molecule has 0 radical (unpaired) electrons. The molecule has 2 aromatic carbocycles. The van der Waals surface area contributed by atoms with Gasteiger partial charge in [0, 0.05) is 74.2 Å². The summed E-state index contributed by atoms with van der Waals surface area (Å²) in [6.45, 7) is 13.9. The molecule has 0 aliphatic carbocycles. The number of aliphatic hydroxyl groups excluding tert-OH is 2. The summed E-state index contributed by atoms with van der Waals surface area (Å²) in [6.07, 6.45) is 13.5. The predicted octanol–water partition coefficient (Wildman–Crippen LogP) is 7.52. The van der Waals surface area contributed by atoms with Crippen LogP contribution in [-0.2, 0) is 23.8 Å². The molecule has 0 aromatic heterocycles. The van der Waals surface area contributed by atoms with Crippen LogP contribution in [0.2, 0.25) is 0 Å². The highest BCUT2D eigenvalue weighted by atomic mass is 16.7. The molecule has 6 N–H and O–H groups in total. The zero-order valence-corrected chi connectivity index (χ0v) is 38.1.